The van der Waals surface area contributed by atoms with Gasteiger partial charge in [0.05, 0.1) is 11.1 Å². The van der Waals surface area contributed by atoms with E-state index in [2.05, 4.69) is 0 Å². The summed E-state index contributed by atoms with van der Waals surface area (Å²) in [6, 6.07) is 4.54. The zero-order valence-electron chi connectivity index (χ0n) is 8.08. The van der Waals surface area contributed by atoms with Gasteiger partial charge in [0.1, 0.15) is 12.4 Å². The first-order valence-corrected chi connectivity index (χ1v) is 4.77. The summed E-state index contributed by atoms with van der Waals surface area (Å²) in [5.74, 6) is 0.196. The maximum Gasteiger partial charge on any atom is 0.272 e. The molecular formula is C10H11ClF2O2. The molecule has 2 nitrogen and oxygen atoms in total. The lowest BCUT2D eigenvalue weighted by Crippen LogP contribution is -2.07. The van der Waals surface area contributed by atoms with Crippen molar-refractivity contribution in [2.45, 2.75) is 19.5 Å². The van der Waals surface area contributed by atoms with E-state index in [0.29, 0.717) is 5.56 Å². The second-order valence-electron chi connectivity index (χ2n) is 3.07. The molecule has 0 aliphatic heterocycles. The largest absolute Gasteiger partial charge is 0.486 e. The molecule has 1 N–H and O–H groups in total. The van der Waals surface area contributed by atoms with Crippen LogP contribution in [0.5, 0.6) is 5.75 Å². The highest BCUT2D eigenvalue weighted by Crippen LogP contribution is 2.28. The zero-order valence-corrected chi connectivity index (χ0v) is 8.84. The summed E-state index contributed by atoms with van der Waals surface area (Å²) in [6.07, 6.45) is -3.18. The standard InChI is InChI=1S/C10H11ClF2O2/c1-6(14)7-2-3-9(8(11)4-7)15-5-10(12)13/h2-4,6,10,14H,5H2,1H3/t6-/m0/s1. The second-order valence-corrected chi connectivity index (χ2v) is 3.48. The van der Waals surface area contributed by atoms with Crippen molar-refractivity contribution in [2.75, 3.05) is 6.61 Å². The average molecular weight is 237 g/mol. The van der Waals surface area contributed by atoms with E-state index in [1.54, 1.807) is 13.0 Å². The third-order valence-corrected chi connectivity index (χ3v) is 2.10. The van der Waals surface area contributed by atoms with Crippen LogP contribution in [0.3, 0.4) is 0 Å². The summed E-state index contributed by atoms with van der Waals surface area (Å²) in [4.78, 5) is 0. The highest BCUT2D eigenvalue weighted by molar-refractivity contribution is 6.32. The van der Waals surface area contributed by atoms with Crippen LogP contribution < -0.4 is 4.74 Å². The predicted molar refractivity (Wildman–Crippen MR) is 53.6 cm³/mol. The van der Waals surface area contributed by atoms with Crippen LogP contribution in [0.25, 0.3) is 0 Å². The SMILES string of the molecule is C[C@H](O)c1ccc(OCC(F)F)c(Cl)c1. The maximum absolute atomic E-state index is 11.9. The Bertz CT molecular complexity index is 329. The number of hydrogen-bond donors (Lipinski definition) is 1. The summed E-state index contributed by atoms with van der Waals surface area (Å²) in [7, 11) is 0. The van der Waals surface area contributed by atoms with Crippen molar-refractivity contribution < 1.29 is 18.6 Å². The van der Waals surface area contributed by atoms with Gasteiger partial charge in [-0.3, -0.25) is 0 Å². The van der Waals surface area contributed by atoms with Gasteiger partial charge in [0.15, 0.2) is 0 Å². The molecule has 0 saturated carbocycles. The smallest absolute Gasteiger partial charge is 0.272 e. The molecule has 1 rings (SSSR count). The van der Waals surface area contributed by atoms with Gasteiger partial charge in [-0.05, 0) is 24.6 Å². The first-order valence-electron chi connectivity index (χ1n) is 4.39. The number of rotatable bonds is 4. The highest BCUT2D eigenvalue weighted by atomic mass is 35.5. The molecule has 0 saturated heterocycles. The third-order valence-electron chi connectivity index (χ3n) is 1.80. The number of ether oxygens (including phenoxy) is 1. The molecule has 0 amide bonds. The van der Waals surface area contributed by atoms with Crippen LogP contribution in [0.15, 0.2) is 18.2 Å². The van der Waals surface area contributed by atoms with Crippen LogP contribution in [0, 0.1) is 0 Å². The summed E-state index contributed by atoms with van der Waals surface area (Å²) in [5.41, 5.74) is 0.615. The Morgan fingerprint density at radius 3 is 2.60 bits per heavy atom. The van der Waals surface area contributed by atoms with E-state index >= 15 is 0 Å². The van der Waals surface area contributed by atoms with Crippen LogP contribution in [0.1, 0.15) is 18.6 Å². The molecule has 0 radical (unpaired) electrons. The van der Waals surface area contributed by atoms with Crippen molar-refractivity contribution in [3.8, 4) is 5.75 Å². The minimum absolute atomic E-state index is 0.196. The molecule has 0 fully saturated rings. The summed E-state index contributed by atoms with van der Waals surface area (Å²) < 4.78 is 28.5. The van der Waals surface area contributed by atoms with Gasteiger partial charge < -0.3 is 9.84 Å². The molecule has 0 aliphatic rings. The Morgan fingerprint density at radius 2 is 2.13 bits per heavy atom. The Hall–Kier alpha value is -0.870. The Morgan fingerprint density at radius 1 is 1.47 bits per heavy atom. The fraction of sp³-hybridized carbons (Fsp3) is 0.400. The minimum atomic E-state index is -2.53. The van der Waals surface area contributed by atoms with E-state index in [0.717, 1.165) is 0 Å². The van der Waals surface area contributed by atoms with Crippen LogP contribution in [-0.2, 0) is 0 Å². The quantitative estimate of drug-likeness (QED) is 0.871. The molecule has 1 atom stereocenters. The summed E-state index contributed by atoms with van der Waals surface area (Å²) in [6.45, 7) is 0.902. The Labute approximate surface area is 91.4 Å². The van der Waals surface area contributed by atoms with E-state index in [-0.39, 0.29) is 10.8 Å². The van der Waals surface area contributed by atoms with Crippen molar-refractivity contribution in [1.82, 2.24) is 0 Å². The van der Waals surface area contributed by atoms with Crippen molar-refractivity contribution >= 4 is 11.6 Å². The van der Waals surface area contributed by atoms with Crippen molar-refractivity contribution in [3.05, 3.63) is 28.8 Å². The van der Waals surface area contributed by atoms with Crippen molar-refractivity contribution in [2.24, 2.45) is 0 Å². The lowest BCUT2D eigenvalue weighted by Gasteiger charge is -2.10. The number of halogens is 3. The van der Waals surface area contributed by atoms with Gasteiger partial charge in [0, 0.05) is 0 Å². The van der Waals surface area contributed by atoms with E-state index in [1.165, 1.54) is 12.1 Å². The molecule has 1 aromatic rings. The van der Waals surface area contributed by atoms with Crippen LogP contribution in [0.2, 0.25) is 5.02 Å². The molecule has 1 aromatic carbocycles. The molecule has 0 unspecified atom stereocenters. The van der Waals surface area contributed by atoms with Crippen molar-refractivity contribution in [3.63, 3.8) is 0 Å². The van der Waals surface area contributed by atoms with Gasteiger partial charge in [0.25, 0.3) is 6.43 Å². The maximum atomic E-state index is 11.9. The molecule has 5 heteroatoms. The van der Waals surface area contributed by atoms with E-state index in [9.17, 15) is 13.9 Å². The Kier molecular flexibility index (Phi) is 4.29. The molecule has 0 heterocycles. The van der Waals surface area contributed by atoms with Gasteiger partial charge in [0.2, 0.25) is 0 Å². The van der Waals surface area contributed by atoms with Crippen LogP contribution in [0.4, 0.5) is 8.78 Å². The molecule has 0 bridgehead atoms. The number of aliphatic hydroxyl groups is 1. The third kappa shape index (κ3) is 3.64. The first kappa shape index (κ1) is 12.2. The molecule has 0 aliphatic carbocycles. The minimum Gasteiger partial charge on any atom is -0.486 e. The number of hydrogen-bond acceptors (Lipinski definition) is 2. The topological polar surface area (TPSA) is 29.5 Å². The monoisotopic (exact) mass is 236 g/mol. The van der Waals surface area contributed by atoms with Gasteiger partial charge in [-0.15, -0.1) is 0 Å². The van der Waals surface area contributed by atoms with Crippen molar-refractivity contribution in [1.29, 1.82) is 0 Å². The number of alkyl halides is 2. The summed E-state index contributed by atoms with van der Waals surface area (Å²) in [5, 5.41) is 9.45. The fourth-order valence-corrected chi connectivity index (χ4v) is 1.29. The van der Waals surface area contributed by atoms with Gasteiger partial charge in [-0.1, -0.05) is 17.7 Å². The predicted octanol–water partition coefficient (Wildman–Crippen LogP) is 3.04. The van der Waals surface area contributed by atoms with Crippen LogP contribution >= 0.6 is 11.6 Å². The lowest BCUT2D eigenvalue weighted by atomic mass is 10.1. The fourth-order valence-electron chi connectivity index (χ4n) is 1.05. The van der Waals surface area contributed by atoms with Gasteiger partial charge >= 0.3 is 0 Å². The summed E-state index contributed by atoms with van der Waals surface area (Å²) >= 11 is 5.78. The molecule has 0 aromatic heterocycles. The number of benzene rings is 1. The molecule has 84 valence electrons. The lowest BCUT2D eigenvalue weighted by molar-refractivity contribution is 0.0819. The second kappa shape index (κ2) is 5.28. The highest BCUT2D eigenvalue weighted by Gasteiger charge is 2.09. The first-order chi connectivity index (χ1) is 7.00. The van der Waals surface area contributed by atoms with E-state index in [1.807, 2.05) is 0 Å². The normalized spacial score (nSPS) is 12.9. The van der Waals surface area contributed by atoms with E-state index < -0.39 is 19.1 Å². The Balaban J connectivity index is 2.75. The zero-order chi connectivity index (χ0) is 11.4. The van der Waals surface area contributed by atoms with Crippen LogP contribution in [-0.4, -0.2) is 18.1 Å². The van der Waals surface area contributed by atoms with Gasteiger partial charge in [-0.2, -0.15) is 0 Å². The number of aliphatic hydroxyl groups excluding tert-OH is 1. The molecule has 15 heavy (non-hydrogen) atoms. The average Bonchev–Trinajstić information content (AvgIpc) is 2.15. The van der Waals surface area contributed by atoms with Gasteiger partial charge in [-0.25, -0.2) is 8.78 Å². The molecule has 0 spiro atoms. The van der Waals surface area contributed by atoms with E-state index in [4.69, 9.17) is 16.3 Å². The molecular weight excluding hydrogens is 226 g/mol.